The Hall–Kier alpha value is -4.27. The maximum atomic E-state index is 14.0. The summed E-state index contributed by atoms with van der Waals surface area (Å²) in [7, 11) is 1.56. The van der Waals surface area contributed by atoms with Crippen molar-refractivity contribution in [1.29, 1.82) is 0 Å². The number of nitrogens with one attached hydrogen (secondary N) is 3. The Kier molecular flexibility index (Phi) is 6.85. The van der Waals surface area contributed by atoms with Gasteiger partial charge in [0.25, 0.3) is 11.8 Å². The van der Waals surface area contributed by atoms with E-state index in [1.807, 2.05) is 18.2 Å². The molecule has 2 aromatic heterocycles. The molecule has 8 nitrogen and oxygen atoms in total. The molecule has 1 fully saturated rings. The van der Waals surface area contributed by atoms with Crippen molar-refractivity contribution in [3.05, 3.63) is 77.0 Å². The second-order valence-corrected chi connectivity index (χ2v) is 9.23. The van der Waals surface area contributed by atoms with Gasteiger partial charge in [0, 0.05) is 36.3 Å². The first-order valence-corrected chi connectivity index (χ1v) is 12.3. The number of hydrogen-bond donors (Lipinski definition) is 3. The first-order chi connectivity index (χ1) is 17.9. The fourth-order valence-electron chi connectivity index (χ4n) is 4.67. The van der Waals surface area contributed by atoms with Crippen molar-refractivity contribution >= 4 is 22.7 Å². The van der Waals surface area contributed by atoms with Gasteiger partial charge in [-0.25, -0.2) is 4.39 Å². The molecule has 1 aliphatic rings. The first-order valence-electron chi connectivity index (χ1n) is 12.3. The van der Waals surface area contributed by atoms with Crippen LogP contribution in [0.25, 0.3) is 22.0 Å². The number of aryl methyl sites for hydroxylation is 1. The average molecular weight is 502 g/mol. The highest BCUT2D eigenvalue weighted by Gasteiger charge is 2.19. The Balaban J connectivity index is 1.35. The maximum Gasteiger partial charge on any atom is 0.272 e. The Morgan fingerprint density at radius 1 is 1.08 bits per heavy atom. The van der Waals surface area contributed by atoms with Crippen molar-refractivity contribution in [2.45, 2.75) is 45.3 Å². The van der Waals surface area contributed by atoms with Gasteiger partial charge >= 0.3 is 0 Å². The molecule has 5 rings (SSSR count). The molecule has 9 heteroatoms. The van der Waals surface area contributed by atoms with E-state index in [1.54, 1.807) is 32.3 Å². The summed E-state index contributed by atoms with van der Waals surface area (Å²) < 4.78 is 20.1. The zero-order valence-electron chi connectivity index (χ0n) is 20.7. The second-order valence-electron chi connectivity index (χ2n) is 9.23. The van der Waals surface area contributed by atoms with Gasteiger partial charge in [0.2, 0.25) is 0 Å². The summed E-state index contributed by atoms with van der Waals surface area (Å²) >= 11 is 0. The lowest BCUT2D eigenvalue weighted by atomic mass is 10.0. The van der Waals surface area contributed by atoms with Crippen LogP contribution in [0, 0.1) is 12.7 Å². The van der Waals surface area contributed by atoms with E-state index in [2.05, 4.69) is 25.8 Å². The topological polar surface area (TPSA) is 109 Å². The molecule has 1 saturated carbocycles. The molecular weight excluding hydrogens is 473 g/mol. The van der Waals surface area contributed by atoms with E-state index in [0.717, 1.165) is 36.8 Å². The highest BCUT2D eigenvalue weighted by molar-refractivity contribution is 6.05. The standard InChI is InChI=1S/C28H28FN5O3/c1-16-23(27(35)32-15-19-11-20(29)8-10-25(19)37-21-5-3-4-6-21)12-18(14-31-16)17-7-9-22-24(13-17)33-34-26(22)28(36)30-2/h7-14,21H,3-6,15H2,1-2H3,(H,30,36)(H,32,35)(H,33,34). The van der Waals surface area contributed by atoms with Crippen molar-refractivity contribution in [3.63, 3.8) is 0 Å². The van der Waals surface area contributed by atoms with Gasteiger partial charge in [0.05, 0.1) is 22.9 Å². The lowest BCUT2D eigenvalue weighted by Gasteiger charge is -2.17. The maximum absolute atomic E-state index is 14.0. The predicted molar refractivity (Wildman–Crippen MR) is 138 cm³/mol. The third-order valence-corrected chi connectivity index (χ3v) is 6.73. The molecule has 0 saturated heterocycles. The summed E-state index contributed by atoms with van der Waals surface area (Å²) in [6.07, 6.45) is 6.05. The summed E-state index contributed by atoms with van der Waals surface area (Å²) in [5, 5.41) is 13.2. The van der Waals surface area contributed by atoms with Crippen LogP contribution in [0.15, 0.2) is 48.7 Å². The zero-order chi connectivity index (χ0) is 25.9. The van der Waals surface area contributed by atoms with E-state index < -0.39 is 0 Å². The largest absolute Gasteiger partial charge is 0.490 e. The van der Waals surface area contributed by atoms with E-state index >= 15 is 0 Å². The van der Waals surface area contributed by atoms with Crippen molar-refractivity contribution < 1.29 is 18.7 Å². The summed E-state index contributed by atoms with van der Waals surface area (Å²) in [6.45, 7) is 1.90. The predicted octanol–water partition coefficient (Wildman–Crippen LogP) is 4.68. The van der Waals surface area contributed by atoms with Crippen LogP contribution < -0.4 is 15.4 Å². The minimum absolute atomic E-state index is 0.127. The normalized spacial score (nSPS) is 13.6. The van der Waals surface area contributed by atoms with Crippen LogP contribution in [0.3, 0.4) is 0 Å². The van der Waals surface area contributed by atoms with Crippen LogP contribution in [-0.2, 0) is 6.54 Å². The molecule has 0 bridgehead atoms. The quantitative estimate of drug-likeness (QED) is 0.341. The number of amides is 2. The minimum Gasteiger partial charge on any atom is -0.490 e. The Morgan fingerprint density at radius 3 is 2.68 bits per heavy atom. The number of ether oxygens (including phenoxy) is 1. The van der Waals surface area contributed by atoms with Crippen molar-refractivity contribution in [2.24, 2.45) is 0 Å². The molecule has 0 unspecified atom stereocenters. The third kappa shape index (κ3) is 5.16. The van der Waals surface area contributed by atoms with E-state index in [1.165, 1.54) is 12.1 Å². The number of benzene rings is 2. The number of carbonyl (C=O) groups excluding carboxylic acids is 2. The number of rotatable bonds is 7. The van der Waals surface area contributed by atoms with Crippen LogP contribution in [0.4, 0.5) is 4.39 Å². The summed E-state index contributed by atoms with van der Waals surface area (Å²) in [6, 6.07) is 11.7. The highest BCUT2D eigenvalue weighted by atomic mass is 19.1. The van der Waals surface area contributed by atoms with Gasteiger partial charge in [-0.2, -0.15) is 5.10 Å². The Bertz CT molecular complexity index is 1480. The second kappa shape index (κ2) is 10.4. The average Bonchev–Trinajstić information content (AvgIpc) is 3.58. The number of halogens is 1. The summed E-state index contributed by atoms with van der Waals surface area (Å²) in [5.41, 5.74) is 4.17. The highest BCUT2D eigenvalue weighted by Crippen LogP contribution is 2.28. The van der Waals surface area contributed by atoms with E-state index in [4.69, 9.17) is 4.74 Å². The minimum atomic E-state index is -0.378. The fourth-order valence-corrected chi connectivity index (χ4v) is 4.67. The van der Waals surface area contributed by atoms with Crippen LogP contribution >= 0.6 is 0 Å². The van der Waals surface area contributed by atoms with Gasteiger partial charge in [0.15, 0.2) is 5.69 Å². The molecular formula is C28H28FN5O3. The molecule has 0 radical (unpaired) electrons. The fraction of sp³-hybridized carbons (Fsp3) is 0.286. The summed E-state index contributed by atoms with van der Waals surface area (Å²) in [5.74, 6) is -0.365. The van der Waals surface area contributed by atoms with E-state index in [-0.39, 0.29) is 30.3 Å². The van der Waals surface area contributed by atoms with E-state index in [9.17, 15) is 14.0 Å². The number of pyridine rings is 1. The van der Waals surface area contributed by atoms with Crippen LogP contribution in [-0.4, -0.2) is 40.1 Å². The monoisotopic (exact) mass is 501 g/mol. The molecule has 3 N–H and O–H groups in total. The van der Waals surface area contributed by atoms with Crippen molar-refractivity contribution in [1.82, 2.24) is 25.8 Å². The van der Waals surface area contributed by atoms with Gasteiger partial charge in [-0.15, -0.1) is 0 Å². The van der Waals surface area contributed by atoms with Crippen LogP contribution in [0.1, 0.15) is 57.8 Å². The number of carbonyl (C=O) groups is 2. The zero-order valence-corrected chi connectivity index (χ0v) is 20.7. The van der Waals surface area contributed by atoms with Crippen LogP contribution in [0.5, 0.6) is 5.75 Å². The number of nitrogens with zero attached hydrogens (tertiary/aromatic N) is 2. The number of H-pyrrole nitrogens is 1. The Labute approximate surface area is 213 Å². The molecule has 2 aromatic carbocycles. The molecule has 1 aliphatic carbocycles. The number of aromatic amines is 1. The molecule has 2 amide bonds. The number of aromatic nitrogens is 3. The number of fused-ring (bicyclic) bond motifs is 1. The lowest BCUT2D eigenvalue weighted by molar-refractivity contribution is 0.0944. The molecule has 2 heterocycles. The molecule has 0 spiro atoms. The molecule has 0 atom stereocenters. The Morgan fingerprint density at radius 2 is 1.89 bits per heavy atom. The lowest BCUT2D eigenvalue weighted by Crippen LogP contribution is -2.25. The molecule has 0 aliphatic heterocycles. The van der Waals surface area contributed by atoms with Gasteiger partial charge in [-0.3, -0.25) is 19.7 Å². The first kappa shape index (κ1) is 24.4. The van der Waals surface area contributed by atoms with Gasteiger partial charge in [-0.1, -0.05) is 6.07 Å². The van der Waals surface area contributed by atoms with E-state index in [0.29, 0.717) is 39.2 Å². The SMILES string of the molecule is CNC(=O)c1n[nH]c2cc(-c3cnc(C)c(C(=O)NCc4cc(F)ccc4OC4CCCC4)c3)ccc12. The molecule has 190 valence electrons. The van der Waals surface area contributed by atoms with Crippen molar-refractivity contribution in [2.75, 3.05) is 7.05 Å². The van der Waals surface area contributed by atoms with Gasteiger partial charge in [-0.05, 0) is 74.6 Å². The third-order valence-electron chi connectivity index (χ3n) is 6.73. The van der Waals surface area contributed by atoms with Gasteiger partial charge in [0.1, 0.15) is 11.6 Å². The summed E-state index contributed by atoms with van der Waals surface area (Å²) in [4.78, 5) is 29.6. The molecule has 4 aromatic rings. The van der Waals surface area contributed by atoms with Gasteiger partial charge < -0.3 is 15.4 Å². The number of hydrogen-bond acceptors (Lipinski definition) is 5. The van der Waals surface area contributed by atoms with Crippen molar-refractivity contribution in [3.8, 4) is 16.9 Å². The molecule has 37 heavy (non-hydrogen) atoms. The smallest absolute Gasteiger partial charge is 0.272 e. The van der Waals surface area contributed by atoms with Crippen LogP contribution in [0.2, 0.25) is 0 Å².